The van der Waals surface area contributed by atoms with Gasteiger partial charge in [-0.1, -0.05) is 11.1 Å². The molecule has 7 rings (SSSR count). The fourth-order valence-corrected chi connectivity index (χ4v) is 6.50. The first-order valence-electron chi connectivity index (χ1n) is 17.0. The number of rotatable bonds is 12. The van der Waals surface area contributed by atoms with E-state index in [4.69, 9.17) is 37.3 Å². The molecule has 9 heteroatoms. The maximum absolute atomic E-state index is 11.6. The molecular weight excluding hydrogens is 624 g/mol. The van der Waals surface area contributed by atoms with Crippen molar-refractivity contribution in [2.45, 2.75) is 96.6 Å². The summed E-state index contributed by atoms with van der Waals surface area (Å²) < 4.78 is 48.5. The van der Waals surface area contributed by atoms with E-state index in [0.29, 0.717) is 47.7 Å². The smallest absolute Gasteiger partial charge is 0.350 e. The van der Waals surface area contributed by atoms with Crippen LogP contribution in [0.4, 0.5) is 0 Å². The summed E-state index contributed by atoms with van der Waals surface area (Å²) in [6.07, 6.45) is 13.2. The molecule has 5 heterocycles. The Kier molecular flexibility index (Phi) is 8.71. The fourth-order valence-electron chi connectivity index (χ4n) is 6.50. The molecule has 2 saturated heterocycles. The van der Waals surface area contributed by atoms with E-state index >= 15 is 0 Å². The number of benzene rings is 2. The van der Waals surface area contributed by atoms with Gasteiger partial charge in [-0.25, -0.2) is 4.79 Å². The highest BCUT2D eigenvalue weighted by Gasteiger charge is 2.54. The first-order valence-corrected chi connectivity index (χ1v) is 17.0. The predicted molar refractivity (Wildman–Crippen MR) is 187 cm³/mol. The van der Waals surface area contributed by atoms with Gasteiger partial charge in [0.1, 0.15) is 41.6 Å². The molecule has 2 aromatic carbocycles. The molecule has 1 spiro atoms. The van der Waals surface area contributed by atoms with E-state index in [2.05, 4.69) is 33.8 Å². The zero-order valence-electron chi connectivity index (χ0n) is 29.0. The van der Waals surface area contributed by atoms with Crippen LogP contribution in [0.15, 0.2) is 91.7 Å². The average Bonchev–Trinajstić information content (AvgIpc) is 3.31. The number of furan rings is 1. The second-order valence-electron chi connectivity index (χ2n) is 14.3. The van der Waals surface area contributed by atoms with E-state index in [0.717, 1.165) is 47.6 Å². The molecule has 9 nitrogen and oxygen atoms in total. The zero-order valence-corrected chi connectivity index (χ0v) is 29.0. The fraction of sp³-hybridized carbons (Fsp3) is 0.425. The number of hydrogen-bond donors (Lipinski definition) is 0. The first kappa shape index (κ1) is 33.2. The Balaban J connectivity index is 0.974. The summed E-state index contributed by atoms with van der Waals surface area (Å²) in [6, 6.07) is 12.4. The molecule has 0 saturated carbocycles. The largest absolute Gasteiger partial charge is 0.489 e. The van der Waals surface area contributed by atoms with Gasteiger partial charge in [-0.2, -0.15) is 0 Å². The molecule has 0 amide bonds. The van der Waals surface area contributed by atoms with E-state index in [9.17, 15) is 4.79 Å². The molecule has 3 aliphatic rings. The van der Waals surface area contributed by atoms with Gasteiger partial charge in [-0.05, 0) is 110 Å². The van der Waals surface area contributed by atoms with Crippen LogP contribution in [0.3, 0.4) is 0 Å². The minimum Gasteiger partial charge on any atom is -0.489 e. The molecule has 0 N–H and O–H groups in total. The third-order valence-corrected chi connectivity index (χ3v) is 9.61. The third-order valence-electron chi connectivity index (χ3n) is 9.61. The van der Waals surface area contributed by atoms with Gasteiger partial charge in [-0.15, -0.1) is 0 Å². The average molecular weight is 669 g/mol. The summed E-state index contributed by atoms with van der Waals surface area (Å²) in [6.45, 7) is 13.3. The molecule has 0 bridgehead atoms. The van der Waals surface area contributed by atoms with Gasteiger partial charge in [0.05, 0.1) is 40.6 Å². The summed E-state index contributed by atoms with van der Waals surface area (Å²) >= 11 is 0. The van der Waals surface area contributed by atoms with Crippen molar-refractivity contribution in [3.05, 3.63) is 94.1 Å². The van der Waals surface area contributed by atoms with Crippen LogP contribution < -0.4 is 19.8 Å². The summed E-state index contributed by atoms with van der Waals surface area (Å²) in [5.41, 5.74) is 3.43. The van der Waals surface area contributed by atoms with Crippen LogP contribution in [0.1, 0.15) is 72.8 Å². The summed E-state index contributed by atoms with van der Waals surface area (Å²) in [4.78, 5) is 11.6. The van der Waals surface area contributed by atoms with Crippen molar-refractivity contribution in [1.29, 1.82) is 0 Å². The number of fused-ring (bicyclic) bond motifs is 3. The first-order chi connectivity index (χ1) is 23.4. The molecule has 49 heavy (non-hydrogen) atoms. The molecule has 3 aliphatic heterocycles. The van der Waals surface area contributed by atoms with Gasteiger partial charge < -0.3 is 37.3 Å². The lowest BCUT2D eigenvalue weighted by Crippen LogP contribution is -2.38. The number of allylic oxidation sites excluding steroid dienone is 2. The highest BCUT2D eigenvalue weighted by molar-refractivity contribution is 5.91. The lowest BCUT2D eigenvalue weighted by molar-refractivity contribution is -0.270. The summed E-state index contributed by atoms with van der Waals surface area (Å²) in [7, 11) is 0. The Morgan fingerprint density at radius 1 is 0.837 bits per heavy atom. The van der Waals surface area contributed by atoms with Crippen molar-refractivity contribution in [3.8, 4) is 17.2 Å². The van der Waals surface area contributed by atoms with Gasteiger partial charge in [0.25, 0.3) is 0 Å². The van der Waals surface area contributed by atoms with Crippen molar-refractivity contribution < 1.29 is 37.3 Å². The molecule has 0 radical (unpaired) electrons. The van der Waals surface area contributed by atoms with Crippen molar-refractivity contribution in [2.24, 2.45) is 0 Å². The van der Waals surface area contributed by atoms with Crippen molar-refractivity contribution >= 4 is 28.0 Å². The SMILES string of the molecule is CC(=CCOc1c2c(cc3occc13)O[C@]1(C=C2)O[C@H](CCC(C)=CCOc2ccc3ccc(=O)oc3c2)C(C)(C)O1)CCC1OC1(C)C. The normalized spacial score (nSPS) is 24.0. The Labute approximate surface area is 286 Å². The van der Waals surface area contributed by atoms with Crippen molar-refractivity contribution in [1.82, 2.24) is 0 Å². The predicted octanol–water partition coefficient (Wildman–Crippen LogP) is 8.88. The van der Waals surface area contributed by atoms with E-state index < -0.39 is 11.6 Å². The molecule has 4 aromatic rings. The lowest BCUT2D eigenvalue weighted by Gasteiger charge is -2.30. The van der Waals surface area contributed by atoms with Crippen LogP contribution in [-0.4, -0.2) is 42.6 Å². The Morgan fingerprint density at radius 3 is 2.27 bits per heavy atom. The van der Waals surface area contributed by atoms with Crippen molar-refractivity contribution in [2.75, 3.05) is 13.2 Å². The topological polar surface area (TPSA) is 102 Å². The maximum Gasteiger partial charge on any atom is 0.350 e. The van der Waals surface area contributed by atoms with Gasteiger partial charge in [-0.3, -0.25) is 0 Å². The Morgan fingerprint density at radius 2 is 1.53 bits per heavy atom. The highest BCUT2D eigenvalue weighted by Crippen LogP contribution is 2.48. The second kappa shape index (κ2) is 12.9. The molecule has 2 aromatic heterocycles. The van der Waals surface area contributed by atoms with E-state index in [1.54, 1.807) is 18.4 Å². The number of hydrogen-bond acceptors (Lipinski definition) is 9. The molecular formula is C40H44O9. The van der Waals surface area contributed by atoms with Crippen LogP contribution >= 0.6 is 0 Å². The highest BCUT2D eigenvalue weighted by atomic mass is 16.9. The van der Waals surface area contributed by atoms with Gasteiger partial charge >= 0.3 is 11.6 Å². The minimum atomic E-state index is -1.36. The number of epoxide rings is 1. The van der Waals surface area contributed by atoms with Crippen LogP contribution in [0.5, 0.6) is 17.2 Å². The van der Waals surface area contributed by atoms with Gasteiger partial charge in [0.15, 0.2) is 0 Å². The van der Waals surface area contributed by atoms with Crippen LogP contribution in [-0.2, 0) is 14.2 Å². The standard InChI is InChI=1S/C40H44O9/c1-25(16-20-42-28-11-9-27-10-14-36(41)45-31(27)23-28)8-13-35-39(5,6)49-40(48-35)19-15-29-33(46-40)24-32-30(18-22-43-32)37(29)44-21-17-26(2)7-12-34-38(3,4)47-34/h9-11,14-19,22-24,34-35H,7-8,12-13,20-21H2,1-6H3/t34?,35-,40-/m1/s1. The molecule has 3 atom stereocenters. The van der Waals surface area contributed by atoms with Crippen LogP contribution in [0, 0.1) is 0 Å². The zero-order chi connectivity index (χ0) is 34.4. The quantitative estimate of drug-likeness (QED) is 0.0832. The Bertz CT molecular complexity index is 2010. The summed E-state index contributed by atoms with van der Waals surface area (Å²) in [5.74, 6) is 0.553. The van der Waals surface area contributed by atoms with Crippen LogP contribution in [0.2, 0.25) is 0 Å². The Hall–Kier alpha value is -4.31. The van der Waals surface area contributed by atoms with Crippen LogP contribution in [0.25, 0.3) is 28.0 Å². The molecule has 1 unspecified atom stereocenters. The van der Waals surface area contributed by atoms with Gasteiger partial charge in [0.2, 0.25) is 0 Å². The second-order valence-corrected chi connectivity index (χ2v) is 14.3. The maximum atomic E-state index is 11.6. The lowest BCUT2D eigenvalue weighted by atomic mass is 9.96. The molecule has 0 aliphatic carbocycles. The van der Waals surface area contributed by atoms with Crippen molar-refractivity contribution in [3.63, 3.8) is 0 Å². The third kappa shape index (κ3) is 7.20. The van der Waals surface area contributed by atoms with E-state index in [-0.39, 0.29) is 17.3 Å². The molecule has 2 fully saturated rings. The summed E-state index contributed by atoms with van der Waals surface area (Å²) in [5, 5.41) is 1.73. The monoisotopic (exact) mass is 668 g/mol. The molecule has 258 valence electrons. The number of ether oxygens (including phenoxy) is 6. The van der Waals surface area contributed by atoms with E-state index in [1.165, 1.54) is 11.6 Å². The minimum absolute atomic E-state index is 0.00721. The van der Waals surface area contributed by atoms with Gasteiger partial charge in [0, 0.05) is 29.7 Å². The van der Waals surface area contributed by atoms with E-state index in [1.807, 2.05) is 56.3 Å².